The van der Waals surface area contributed by atoms with Crippen LogP contribution in [0.2, 0.25) is 0 Å². The number of benzene rings is 1. The number of amidine groups is 1. The Hall–Kier alpha value is -2.81. The fourth-order valence-electron chi connectivity index (χ4n) is 4.47. The van der Waals surface area contributed by atoms with Crippen molar-refractivity contribution >= 4 is 5.84 Å². The van der Waals surface area contributed by atoms with Gasteiger partial charge in [-0.05, 0) is 13.0 Å². The fourth-order valence-corrected chi connectivity index (χ4v) is 4.47. The summed E-state index contributed by atoms with van der Waals surface area (Å²) in [4.78, 5) is 4.29. The molecule has 1 spiro atoms. The number of nitrogens with two attached hydrogens (primary N) is 1. The molecule has 1 saturated carbocycles. The van der Waals surface area contributed by atoms with Gasteiger partial charge < -0.3 is 24.7 Å². The maximum Gasteiger partial charge on any atom is 0.293 e. The number of rotatable bonds is 3. The molecule has 1 saturated heterocycles. The predicted molar refractivity (Wildman–Crippen MR) is 89.2 cm³/mol. The molecule has 2 fully saturated rings. The van der Waals surface area contributed by atoms with Gasteiger partial charge in [-0.15, -0.1) is 0 Å². The molecule has 2 aliphatic heterocycles. The summed E-state index contributed by atoms with van der Waals surface area (Å²) in [6.45, 7) is 2.09. The van der Waals surface area contributed by atoms with Gasteiger partial charge >= 0.3 is 0 Å². The highest BCUT2D eigenvalue weighted by molar-refractivity contribution is 6.00. The van der Waals surface area contributed by atoms with Gasteiger partial charge in [-0.1, -0.05) is 12.1 Å². The quantitative estimate of drug-likeness (QED) is 0.867. The lowest BCUT2D eigenvalue weighted by molar-refractivity contribution is -0.193. The average Bonchev–Trinajstić information content (AvgIpc) is 3.04. The van der Waals surface area contributed by atoms with E-state index in [0.29, 0.717) is 17.1 Å². The van der Waals surface area contributed by atoms with Crippen molar-refractivity contribution in [2.45, 2.75) is 24.9 Å². The molecule has 134 valence electrons. The summed E-state index contributed by atoms with van der Waals surface area (Å²) in [6.07, 6.45) is -0.264. The van der Waals surface area contributed by atoms with E-state index in [1.807, 2.05) is 6.92 Å². The fraction of sp³-hybridized carbons (Fsp3) is 0.500. The molecule has 4 rings (SSSR count). The van der Waals surface area contributed by atoms with Crippen LogP contribution in [0.4, 0.5) is 0 Å². The molecule has 3 aliphatic rings. The van der Waals surface area contributed by atoms with Crippen molar-refractivity contribution in [3.63, 3.8) is 0 Å². The first kappa shape index (κ1) is 16.6. The summed E-state index contributed by atoms with van der Waals surface area (Å²) in [7, 11) is 3.03. The average molecular weight is 354 g/mol. The molecular formula is C18H18N4O4. The second-order valence-electron chi connectivity index (χ2n) is 6.67. The maximum absolute atomic E-state index is 10.2. The molecular weight excluding hydrogens is 336 g/mol. The molecule has 8 heteroatoms. The van der Waals surface area contributed by atoms with Crippen molar-refractivity contribution in [1.82, 2.24) is 0 Å². The molecule has 2 heterocycles. The van der Waals surface area contributed by atoms with Crippen LogP contribution in [0.15, 0.2) is 23.2 Å². The van der Waals surface area contributed by atoms with Gasteiger partial charge in [-0.2, -0.15) is 10.5 Å². The molecule has 0 unspecified atom stereocenters. The van der Waals surface area contributed by atoms with E-state index in [1.165, 1.54) is 14.2 Å². The van der Waals surface area contributed by atoms with Crippen LogP contribution in [0.1, 0.15) is 18.4 Å². The summed E-state index contributed by atoms with van der Waals surface area (Å²) in [5.74, 6) is -1.20. The van der Waals surface area contributed by atoms with Crippen LogP contribution >= 0.6 is 0 Å². The Bertz CT molecular complexity index is 903. The van der Waals surface area contributed by atoms with E-state index < -0.39 is 22.7 Å². The number of hydrogen-bond acceptors (Lipinski definition) is 8. The zero-order valence-electron chi connectivity index (χ0n) is 14.6. The van der Waals surface area contributed by atoms with Gasteiger partial charge in [-0.3, -0.25) is 0 Å². The number of aliphatic imine (C=N–C) groups is 1. The first-order chi connectivity index (χ1) is 12.5. The van der Waals surface area contributed by atoms with Crippen LogP contribution < -0.4 is 15.2 Å². The van der Waals surface area contributed by atoms with Crippen LogP contribution in [0, 0.1) is 33.5 Å². The summed E-state index contributed by atoms with van der Waals surface area (Å²) in [5, 5.41) is 20.2. The van der Waals surface area contributed by atoms with Gasteiger partial charge in [0, 0.05) is 11.5 Å². The van der Waals surface area contributed by atoms with Gasteiger partial charge in [0.15, 0.2) is 16.9 Å². The highest BCUT2D eigenvalue weighted by Gasteiger charge is 2.94. The Kier molecular flexibility index (Phi) is 3.27. The first-order valence-electron chi connectivity index (χ1n) is 8.19. The topological polar surface area (TPSA) is 123 Å². The number of ether oxygens (including phenoxy) is 4. The van der Waals surface area contributed by atoms with E-state index in [1.54, 1.807) is 18.2 Å². The van der Waals surface area contributed by atoms with Crippen molar-refractivity contribution in [2.75, 3.05) is 20.8 Å². The smallest absolute Gasteiger partial charge is 0.293 e. The van der Waals surface area contributed by atoms with E-state index in [0.717, 1.165) is 0 Å². The zero-order chi connectivity index (χ0) is 18.7. The lowest BCUT2D eigenvalue weighted by Crippen LogP contribution is -2.39. The number of para-hydroxylation sites is 1. The van der Waals surface area contributed by atoms with Gasteiger partial charge in [0.05, 0.1) is 39.1 Å². The van der Waals surface area contributed by atoms with E-state index >= 15 is 0 Å². The highest BCUT2D eigenvalue weighted by Crippen LogP contribution is 2.83. The lowest BCUT2D eigenvalue weighted by atomic mass is 9.93. The molecule has 2 N–H and O–H groups in total. The van der Waals surface area contributed by atoms with Crippen LogP contribution in [0.5, 0.6) is 11.5 Å². The second kappa shape index (κ2) is 5.10. The third-order valence-corrected chi connectivity index (χ3v) is 5.55. The van der Waals surface area contributed by atoms with Gasteiger partial charge in [0.1, 0.15) is 11.3 Å². The third kappa shape index (κ3) is 1.53. The maximum atomic E-state index is 10.2. The Morgan fingerprint density at radius 1 is 1.27 bits per heavy atom. The van der Waals surface area contributed by atoms with Crippen molar-refractivity contribution < 1.29 is 18.9 Å². The lowest BCUT2D eigenvalue weighted by Gasteiger charge is -2.26. The monoisotopic (exact) mass is 354 g/mol. The highest BCUT2D eigenvalue weighted by atomic mass is 16.8. The summed E-state index contributed by atoms with van der Waals surface area (Å²) in [6, 6.07) is 9.81. The van der Waals surface area contributed by atoms with Crippen LogP contribution in [0.3, 0.4) is 0 Å². The third-order valence-electron chi connectivity index (χ3n) is 5.55. The number of fused-ring (bicyclic) bond motifs is 2. The number of nitriles is 2. The summed E-state index contributed by atoms with van der Waals surface area (Å²) < 4.78 is 22.6. The van der Waals surface area contributed by atoms with E-state index in [-0.39, 0.29) is 18.5 Å². The number of nitrogens with zero attached hydrogens (tertiary/aromatic N) is 3. The summed E-state index contributed by atoms with van der Waals surface area (Å²) in [5.41, 5.74) is 4.07. The van der Waals surface area contributed by atoms with Crippen LogP contribution in [-0.2, 0) is 9.47 Å². The van der Waals surface area contributed by atoms with Crippen molar-refractivity contribution in [3.8, 4) is 23.6 Å². The Labute approximate surface area is 150 Å². The van der Waals surface area contributed by atoms with E-state index in [4.69, 9.17) is 24.7 Å². The predicted octanol–water partition coefficient (Wildman–Crippen LogP) is 1.28. The molecule has 1 aliphatic carbocycles. The largest absolute Gasteiger partial charge is 0.493 e. The van der Waals surface area contributed by atoms with Gasteiger partial charge in [-0.25, -0.2) is 4.99 Å². The minimum atomic E-state index is -1.58. The molecule has 8 nitrogen and oxygen atoms in total. The molecule has 5 atom stereocenters. The molecule has 26 heavy (non-hydrogen) atoms. The standard InChI is InChI=1S/C18H18N4O4/c1-10-7-25-18(26-10)17(9-20)14(16(17,8-19)15(21)22-18)11-5-4-6-12(23-2)13(11)24-3/h4-6,10,14H,7H2,1-3H3,(H2,21,22)/t10-,14+,16+,17+,18-/m0/s1. The summed E-state index contributed by atoms with van der Waals surface area (Å²) >= 11 is 0. The Morgan fingerprint density at radius 3 is 2.58 bits per heavy atom. The Balaban J connectivity index is 1.95. The second-order valence-corrected chi connectivity index (χ2v) is 6.67. The van der Waals surface area contributed by atoms with E-state index in [9.17, 15) is 10.5 Å². The van der Waals surface area contributed by atoms with E-state index in [2.05, 4.69) is 17.1 Å². The van der Waals surface area contributed by atoms with Gasteiger partial charge in [0.2, 0.25) is 0 Å². The Morgan fingerprint density at radius 2 is 2.04 bits per heavy atom. The van der Waals surface area contributed by atoms with Crippen molar-refractivity contribution in [3.05, 3.63) is 23.8 Å². The SMILES string of the molecule is COc1cccc([C@H]2[C@@]3(C#N)[C@]4(N=C(N)[C@@]23C#N)OC[C@H](C)O4)c1OC. The van der Waals surface area contributed by atoms with Crippen molar-refractivity contribution in [2.24, 2.45) is 21.6 Å². The molecule has 0 bridgehead atoms. The first-order valence-corrected chi connectivity index (χ1v) is 8.19. The molecule has 1 aromatic carbocycles. The number of hydrogen-bond donors (Lipinski definition) is 1. The van der Waals surface area contributed by atoms with Crippen LogP contribution in [-0.4, -0.2) is 38.7 Å². The number of methoxy groups -OCH3 is 2. The molecule has 1 aromatic rings. The molecule has 0 aromatic heterocycles. The van der Waals surface area contributed by atoms with Gasteiger partial charge in [0.25, 0.3) is 5.91 Å². The normalized spacial score (nSPS) is 39.7. The van der Waals surface area contributed by atoms with Crippen LogP contribution in [0.25, 0.3) is 0 Å². The minimum Gasteiger partial charge on any atom is -0.493 e. The zero-order valence-corrected chi connectivity index (χ0v) is 14.6. The minimum absolute atomic E-state index is 0.0468. The molecule has 0 amide bonds. The van der Waals surface area contributed by atoms with Crippen molar-refractivity contribution in [1.29, 1.82) is 10.5 Å². The molecule has 0 radical (unpaired) electrons.